The highest BCUT2D eigenvalue weighted by Crippen LogP contribution is 2.31. The summed E-state index contributed by atoms with van der Waals surface area (Å²) in [5.41, 5.74) is 4.80. The van der Waals surface area contributed by atoms with Gasteiger partial charge in [0.25, 0.3) is 0 Å². The maximum Gasteiger partial charge on any atom is 0.0652 e. The van der Waals surface area contributed by atoms with Crippen LogP contribution in [0.15, 0.2) is 12.1 Å². The lowest BCUT2D eigenvalue weighted by Crippen LogP contribution is -2.49. The van der Waals surface area contributed by atoms with Crippen LogP contribution in [0.2, 0.25) is 0 Å². The van der Waals surface area contributed by atoms with Gasteiger partial charge in [-0.15, -0.1) is 0 Å². The molecule has 1 aromatic carbocycles. The summed E-state index contributed by atoms with van der Waals surface area (Å²) in [6.45, 7) is 8.74. The van der Waals surface area contributed by atoms with Gasteiger partial charge in [-0.2, -0.15) is 0 Å². The van der Waals surface area contributed by atoms with Crippen LogP contribution in [-0.2, 0) is 5.54 Å². The highest BCUT2D eigenvalue weighted by atomic mass is 16.3. The highest BCUT2D eigenvalue weighted by molar-refractivity contribution is 5.42. The van der Waals surface area contributed by atoms with E-state index in [1.165, 1.54) is 54.4 Å². The molecular formula is C18H29NO. The molecule has 1 saturated carbocycles. The van der Waals surface area contributed by atoms with Crippen LogP contribution in [0.25, 0.3) is 0 Å². The van der Waals surface area contributed by atoms with Gasteiger partial charge in [-0.3, -0.25) is 0 Å². The average Bonchev–Trinajstić information content (AvgIpc) is 2.38. The number of benzene rings is 1. The predicted octanol–water partition coefficient (Wildman–Crippen LogP) is 3.74. The Kier molecular flexibility index (Phi) is 4.87. The Morgan fingerprint density at radius 2 is 1.65 bits per heavy atom. The normalized spacial score (nSPS) is 19.9. The van der Waals surface area contributed by atoms with Crippen molar-refractivity contribution in [3.05, 3.63) is 34.4 Å². The van der Waals surface area contributed by atoms with E-state index in [0.717, 1.165) is 0 Å². The number of hydrogen-bond donors (Lipinski definition) is 2. The van der Waals surface area contributed by atoms with Crippen molar-refractivity contribution in [2.75, 3.05) is 6.61 Å². The van der Waals surface area contributed by atoms with E-state index in [0.29, 0.717) is 6.04 Å². The summed E-state index contributed by atoms with van der Waals surface area (Å²) < 4.78 is 0. The summed E-state index contributed by atoms with van der Waals surface area (Å²) in [5, 5.41) is 13.8. The minimum Gasteiger partial charge on any atom is -0.394 e. The van der Waals surface area contributed by atoms with Crippen molar-refractivity contribution in [1.29, 1.82) is 0 Å². The van der Waals surface area contributed by atoms with Crippen LogP contribution in [0, 0.1) is 20.8 Å². The van der Waals surface area contributed by atoms with Crippen LogP contribution in [0.3, 0.4) is 0 Å². The first-order valence-corrected chi connectivity index (χ1v) is 7.93. The van der Waals surface area contributed by atoms with Crippen LogP contribution in [0.5, 0.6) is 0 Å². The molecule has 0 bridgehead atoms. The van der Waals surface area contributed by atoms with Gasteiger partial charge in [-0.05, 0) is 57.2 Å². The third kappa shape index (κ3) is 3.24. The van der Waals surface area contributed by atoms with Crippen LogP contribution >= 0.6 is 0 Å². The second-order valence-corrected chi connectivity index (χ2v) is 6.74. The lowest BCUT2D eigenvalue weighted by molar-refractivity contribution is 0.149. The summed E-state index contributed by atoms with van der Waals surface area (Å²) in [4.78, 5) is 0. The predicted molar refractivity (Wildman–Crippen MR) is 85.1 cm³/mol. The zero-order valence-corrected chi connectivity index (χ0v) is 13.4. The molecule has 0 saturated heterocycles. The van der Waals surface area contributed by atoms with Crippen LogP contribution < -0.4 is 5.32 Å². The minimum absolute atomic E-state index is 0.147. The van der Waals surface area contributed by atoms with E-state index in [2.05, 4.69) is 45.1 Å². The molecule has 1 fully saturated rings. The molecule has 0 aliphatic heterocycles. The van der Waals surface area contributed by atoms with Gasteiger partial charge >= 0.3 is 0 Å². The zero-order valence-electron chi connectivity index (χ0n) is 13.4. The van der Waals surface area contributed by atoms with Gasteiger partial charge in [0, 0.05) is 6.04 Å². The average molecular weight is 275 g/mol. The lowest BCUT2D eigenvalue weighted by atomic mass is 9.83. The molecular weight excluding hydrogens is 246 g/mol. The van der Waals surface area contributed by atoms with E-state index in [1.54, 1.807) is 0 Å². The summed E-state index contributed by atoms with van der Waals surface area (Å²) in [5.74, 6) is 0. The summed E-state index contributed by atoms with van der Waals surface area (Å²) >= 11 is 0. The molecule has 0 radical (unpaired) electrons. The number of rotatable bonds is 4. The van der Waals surface area contributed by atoms with Crippen molar-refractivity contribution in [3.8, 4) is 0 Å². The molecule has 2 N–H and O–H groups in total. The van der Waals surface area contributed by atoms with E-state index in [-0.39, 0.29) is 12.1 Å². The van der Waals surface area contributed by atoms with E-state index in [1.807, 2.05) is 0 Å². The monoisotopic (exact) mass is 275 g/mol. The van der Waals surface area contributed by atoms with Crippen LogP contribution in [-0.4, -0.2) is 17.8 Å². The van der Waals surface area contributed by atoms with Crippen molar-refractivity contribution < 1.29 is 5.11 Å². The molecule has 2 rings (SSSR count). The van der Waals surface area contributed by atoms with Crippen molar-refractivity contribution in [3.63, 3.8) is 0 Å². The first-order chi connectivity index (χ1) is 9.46. The number of nitrogens with one attached hydrogen (secondary N) is 1. The van der Waals surface area contributed by atoms with E-state index in [4.69, 9.17) is 0 Å². The first kappa shape index (κ1) is 15.5. The van der Waals surface area contributed by atoms with Gasteiger partial charge in [0.15, 0.2) is 0 Å². The van der Waals surface area contributed by atoms with Crippen molar-refractivity contribution >= 4 is 0 Å². The van der Waals surface area contributed by atoms with Crippen LogP contribution in [0.4, 0.5) is 0 Å². The summed E-state index contributed by atoms with van der Waals surface area (Å²) in [7, 11) is 0. The largest absolute Gasteiger partial charge is 0.394 e. The van der Waals surface area contributed by atoms with Gasteiger partial charge in [-0.25, -0.2) is 0 Å². The third-order valence-corrected chi connectivity index (χ3v) is 4.67. The quantitative estimate of drug-likeness (QED) is 0.877. The fraction of sp³-hybridized carbons (Fsp3) is 0.667. The SMILES string of the molecule is Cc1cc(C)c(C(C)(CO)NC2CCCCC2)c(C)c1. The molecule has 0 heterocycles. The Hall–Kier alpha value is -0.860. The second-order valence-electron chi connectivity index (χ2n) is 6.74. The molecule has 2 nitrogen and oxygen atoms in total. The molecule has 20 heavy (non-hydrogen) atoms. The first-order valence-electron chi connectivity index (χ1n) is 7.93. The van der Waals surface area contributed by atoms with Gasteiger partial charge in [-0.1, -0.05) is 37.0 Å². The molecule has 1 aliphatic carbocycles. The summed E-state index contributed by atoms with van der Waals surface area (Å²) in [6.07, 6.45) is 6.45. The topological polar surface area (TPSA) is 32.3 Å². The van der Waals surface area contributed by atoms with Gasteiger partial charge in [0.1, 0.15) is 0 Å². The second kappa shape index (κ2) is 6.28. The van der Waals surface area contributed by atoms with E-state index in [9.17, 15) is 5.11 Å². The number of aliphatic hydroxyl groups is 1. The van der Waals surface area contributed by atoms with E-state index < -0.39 is 0 Å². The number of aliphatic hydroxyl groups excluding tert-OH is 1. The Morgan fingerprint density at radius 1 is 1.10 bits per heavy atom. The highest BCUT2D eigenvalue weighted by Gasteiger charge is 2.31. The fourth-order valence-electron chi connectivity index (χ4n) is 3.94. The van der Waals surface area contributed by atoms with E-state index >= 15 is 0 Å². The standard InChI is InChI=1S/C18H29NO/c1-13-10-14(2)17(15(3)11-13)18(4,12-20)19-16-8-6-5-7-9-16/h10-11,16,19-20H,5-9,12H2,1-4H3. The van der Waals surface area contributed by atoms with Gasteiger partial charge in [0.05, 0.1) is 12.1 Å². The Bertz CT molecular complexity index is 439. The molecule has 112 valence electrons. The van der Waals surface area contributed by atoms with Gasteiger partial charge in [0.2, 0.25) is 0 Å². The Labute approximate surface area is 123 Å². The molecule has 1 aliphatic rings. The molecule has 1 unspecified atom stereocenters. The third-order valence-electron chi connectivity index (χ3n) is 4.67. The summed E-state index contributed by atoms with van der Waals surface area (Å²) in [6, 6.07) is 4.98. The van der Waals surface area contributed by atoms with Crippen molar-refractivity contribution in [2.24, 2.45) is 0 Å². The number of aryl methyl sites for hydroxylation is 3. The smallest absolute Gasteiger partial charge is 0.0652 e. The zero-order chi connectivity index (χ0) is 14.8. The lowest BCUT2D eigenvalue weighted by Gasteiger charge is -2.38. The van der Waals surface area contributed by atoms with Gasteiger partial charge < -0.3 is 10.4 Å². The van der Waals surface area contributed by atoms with Crippen LogP contribution in [0.1, 0.15) is 61.3 Å². The maximum atomic E-state index is 10.0. The molecule has 0 spiro atoms. The molecule has 1 aromatic rings. The minimum atomic E-state index is -0.329. The molecule has 1 atom stereocenters. The number of hydrogen-bond acceptors (Lipinski definition) is 2. The molecule has 0 amide bonds. The Morgan fingerprint density at radius 3 is 2.15 bits per heavy atom. The molecule has 0 aromatic heterocycles. The maximum absolute atomic E-state index is 10.0. The van der Waals surface area contributed by atoms with Crippen molar-refractivity contribution in [2.45, 2.75) is 71.4 Å². The molecule has 2 heteroatoms. The fourth-order valence-corrected chi connectivity index (χ4v) is 3.94. The van der Waals surface area contributed by atoms with Crippen molar-refractivity contribution in [1.82, 2.24) is 5.32 Å². The Balaban J connectivity index is 2.29.